The van der Waals surface area contributed by atoms with E-state index in [0.717, 1.165) is 12.1 Å². The van der Waals surface area contributed by atoms with E-state index in [1.807, 2.05) is 27.7 Å². The topological polar surface area (TPSA) is 106 Å². The SMILES string of the molecule is CC[C@]1(C)CC(=O)N([C@H](CCOC)[C@H]2C[C@@H]2C(=O)NC2CC(C)(C)Oc3ccc(C(F)(F)F)cc32)C(N)=N1. The van der Waals surface area contributed by atoms with E-state index >= 15 is 0 Å². The highest BCUT2D eigenvalue weighted by atomic mass is 19.4. The molecule has 2 aliphatic heterocycles. The van der Waals surface area contributed by atoms with Crippen LogP contribution in [0.25, 0.3) is 0 Å². The lowest BCUT2D eigenvalue weighted by Crippen LogP contribution is -2.56. The molecule has 3 aliphatic rings. The minimum absolute atomic E-state index is 0.131. The summed E-state index contributed by atoms with van der Waals surface area (Å²) in [4.78, 5) is 32.6. The Balaban J connectivity index is 1.54. The van der Waals surface area contributed by atoms with E-state index in [0.29, 0.717) is 43.6 Å². The van der Waals surface area contributed by atoms with Gasteiger partial charge in [-0.05, 0) is 64.2 Å². The number of hydrogen-bond acceptors (Lipinski definition) is 6. The van der Waals surface area contributed by atoms with Crippen LogP contribution in [0, 0.1) is 11.8 Å². The highest BCUT2D eigenvalue weighted by Crippen LogP contribution is 2.47. The van der Waals surface area contributed by atoms with Crippen molar-refractivity contribution < 1.29 is 32.2 Å². The summed E-state index contributed by atoms with van der Waals surface area (Å²) in [6.45, 7) is 7.89. The second kappa shape index (κ2) is 10.1. The third kappa shape index (κ3) is 5.77. The molecule has 210 valence electrons. The quantitative estimate of drug-likeness (QED) is 0.517. The van der Waals surface area contributed by atoms with Crippen LogP contribution in [-0.2, 0) is 20.5 Å². The summed E-state index contributed by atoms with van der Waals surface area (Å²) in [7, 11) is 1.57. The van der Waals surface area contributed by atoms with Gasteiger partial charge in [0.05, 0.1) is 23.6 Å². The highest BCUT2D eigenvalue weighted by Gasteiger charge is 2.53. The number of methoxy groups -OCH3 is 1. The fraction of sp³-hybridized carbons (Fsp3) is 0.667. The molecule has 0 spiro atoms. The average Bonchev–Trinajstić information content (AvgIpc) is 3.60. The van der Waals surface area contributed by atoms with Crippen molar-refractivity contribution in [2.45, 2.75) is 89.2 Å². The Morgan fingerprint density at radius 2 is 2.05 bits per heavy atom. The van der Waals surface area contributed by atoms with Crippen molar-refractivity contribution in [2.24, 2.45) is 22.6 Å². The number of amides is 2. The maximum absolute atomic E-state index is 13.4. The summed E-state index contributed by atoms with van der Waals surface area (Å²) < 4.78 is 51.4. The fourth-order valence-corrected chi connectivity index (χ4v) is 5.62. The number of carbonyl (C=O) groups excluding carboxylic acids is 2. The third-order valence-electron chi connectivity index (χ3n) is 7.92. The summed E-state index contributed by atoms with van der Waals surface area (Å²) in [5, 5.41) is 2.98. The van der Waals surface area contributed by atoms with E-state index in [-0.39, 0.29) is 36.2 Å². The molecular weight excluding hydrogens is 501 g/mol. The molecule has 1 aromatic rings. The number of aliphatic imine (C=N–C) groups is 1. The predicted octanol–water partition coefficient (Wildman–Crippen LogP) is 4.18. The molecule has 1 aliphatic carbocycles. The van der Waals surface area contributed by atoms with Crippen LogP contribution in [0.4, 0.5) is 13.2 Å². The van der Waals surface area contributed by atoms with Crippen LogP contribution in [0.1, 0.15) is 77.0 Å². The monoisotopic (exact) mass is 538 g/mol. The summed E-state index contributed by atoms with van der Waals surface area (Å²) in [6, 6.07) is 2.35. The number of alkyl halides is 3. The molecule has 2 heterocycles. The molecule has 1 aromatic carbocycles. The number of benzene rings is 1. The molecule has 3 N–H and O–H groups in total. The third-order valence-corrected chi connectivity index (χ3v) is 7.92. The zero-order valence-electron chi connectivity index (χ0n) is 22.5. The van der Waals surface area contributed by atoms with Gasteiger partial charge in [0.25, 0.3) is 0 Å². The number of fused-ring (bicyclic) bond motifs is 1. The van der Waals surface area contributed by atoms with Crippen molar-refractivity contribution in [1.29, 1.82) is 0 Å². The van der Waals surface area contributed by atoms with Gasteiger partial charge in [-0.3, -0.25) is 14.5 Å². The number of rotatable bonds is 8. The molecule has 0 bridgehead atoms. The Labute approximate surface area is 221 Å². The van der Waals surface area contributed by atoms with Crippen LogP contribution in [0.2, 0.25) is 0 Å². The van der Waals surface area contributed by atoms with Gasteiger partial charge in [-0.25, -0.2) is 4.99 Å². The molecule has 38 heavy (non-hydrogen) atoms. The average molecular weight is 539 g/mol. The van der Waals surface area contributed by atoms with Gasteiger partial charge in [0.1, 0.15) is 11.4 Å². The number of halogens is 3. The maximum atomic E-state index is 13.4. The number of nitrogens with one attached hydrogen (secondary N) is 1. The van der Waals surface area contributed by atoms with Gasteiger partial charge in [-0.15, -0.1) is 0 Å². The standard InChI is InChI=1S/C27H37F3N4O4/c1-6-26(4)14-22(35)34(24(31)33-26)20(9-10-37-5)16-12-17(16)23(36)32-19-13-25(2,3)38-21-8-7-15(11-18(19)21)27(28,29)30/h7-8,11,16-17,19-20H,6,9-10,12-14H2,1-5H3,(H2,31,33)(H,32,36)/t16-,17-,19?,20+,26+/m0/s1. The van der Waals surface area contributed by atoms with Crippen LogP contribution in [0.15, 0.2) is 23.2 Å². The van der Waals surface area contributed by atoms with E-state index < -0.39 is 34.8 Å². The van der Waals surface area contributed by atoms with Crippen LogP contribution < -0.4 is 15.8 Å². The van der Waals surface area contributed by atoms with Crippen molar-refractivity contribution in [1.82, 2.24) is 10.2 Å². The van der Waals surface area contributed by atoms with E-state index in [1.165, 1.54) is 11.0 Å². The van der Waals surface area contributed by atoms with Gasteiger partial charge in [0.15, 0.2) is 5.96 Å². The Morgan fingerprint density at radius 3 is 2.66 bits per heavy atom. The molecule has 11 heteroatoms. The number of hydrogen-bond donors (Lipinski definition) is 2. The molecule has 4 rings (SSSR count). The van der Waals surface area contributed by atoms with E-state index in [1.54, 1.807) is 7.11 Å². The van der Waals surface area contributed by atoms with Gasteiger partial charge in [0, 0.05) is 37.7 Å². The Bertz CT molecular complexity index is 1120. The Hall–Kier alpha value is -2.82. The van der Waals surface area contributed by atoms with Gasteiger partial charge in [-0.1, -0.05) is 6.92 Å². The van der Waals surface area contributed by atoms with Crippen LogP contribution >= 0.6 is 0 Å². The van der Waals surface area contributed by atoms with Gasteiger partial charge in [-0.2, -0.15) is 13.2 Å². The number of carbonyl (C=O) groups is 2. The molecule has 0 radical (unpaired) electrons. The normalized spacial score (nSPS) is 29.2. The first-order chi connectivity index (χ1) is 17.7. The zero-order chi connectivity index (χ0) is 28.0. The Morgan fingerprint density at radius 1 is 1.34 bits per heavy atom. The fourth-order valence-electron chi connectivity index (χ4n) is 5.62. The predicted molar refractivity (Wildman–Crippen MR) is 135 cm³/mol. The van der Waals surface area contributed by atoms with Crippen molar-refractivity contribution in [3.63, 3.8) is 0 Å². The zero-order valence-corrected chi connectivity index (χ0v) is 22.5. The summed E-state index contributed by atoms with van der Waals surface area (Å²) in [6.07, 6.45) is -2.28. The van der Waals surface area contributed by atoms with Crippen LogP contribution in [0.5, 0.6) is 5.75 Å². The van der Waals surface area contributed by atoms with Gasteiger partial charge in [0.2, 0.25) is 11.8 Å². The lowest BCUT2D eigenvalue weighted by atomic mass is 9.88. The minimum Gasteiger partial charge on any atom is -0.487 e. The second-order valence-corrected chi connectivity index (χ2v) is 11.5. The smallest absolute Gasteiger partial charge is 0.416 e. The Kier molecular flexibility index (Phi) is 7.46. The molecule has 5 atom stereocenters. The number of guanidine groups is 1. The largest absolute Gasteiger partial charge is 0.487 e. The van der Waals surface area contributed by atoms with E-state index in [9.17, 15) is 22.8 Å². The van der Waals surface area contributed by atoms with Crippen LogP contribution in [-0.4, -0.2) is 53.6 Å². The van der Waals surface area contributed by atoms with Crippen molar-refractivity contribution in [3.8, 4) is 5.75 Å². The van der Waals surface area contributed by atoms with Crippen molar-refractivity contribution in [3.05, 3.63) is 29.3 Å². The molecule has 1 unspecified atom stereocenters. The number of nitrogens with two attached hydrogens (primary N) is 1. The summed E-state index contributed by atoms with van der Waals surface area (Å²) in [5.41, 5.74) is 4.56. The highest BCUT2D eigenvalue weighted by molar-refractivity contribution is 5.99. The van der Waals surface area contributed by atoms with Gasteiger partial charge >= 0.3 is 6.18 Å². The van der Waals surface area contributed by atoms with Crippen LogP contribution in [0.3, 0.4) is 0 Å². The summed E-state index contributed by atoms with van der Waals surface area (Å²) >= 11 is 0. The number of ether oxygens (including phenoxy) is 2. The number of nitrogens with zero attached hydrogens (tertiary/aromatic N) is 2. The summed E-state index contributed by atoms with van der Waals surface area (Å²) in [5.74, 6) is -0.486. The lowest BCUT2D eigenvalue weighted by Gasteiger charge is -2.39. The molecule has 0 aromatic heterocycles. The maximum Gasteiger partial charge on any atom is 0.416 e. The van der Waals surface area contributed by atoms with Crippen molar-refractivity contribution in [2.75, 3.05) is 13.7 Å². The van der Waals surface area contributed by atoms with Crippen molar-refractivity contribution >= 4 is 17.8 Å². The lowest BCUT2D eigenvalue weighted by molar-refractivity contribution is -0.137. The first-order valence-corrected chi connectivity index (χ1v) is 13.0. The first kappa shape index (κ1) is 28.2. The van der Waals surface area contributed by atoms with E-state index in [4.69, 9.17) is 15.2 Å². The second-order valence-electron chi connectivity index (χ2n) is 11.5. The molecule has 1 fully saturated rings. The molecule has 2 amide bonds. The molecular formula is C27H37F3N4O4. The molecule has 0 saturated heterocycles. The van der Waals surface area contributed by atoms with E-state index in [2.05, 4.69) is 10.3 Å². The van der Waals surface area contributed by atoms with Gasteiger partial charge < -0.3 is 20.5 Å². The minimum atomic E-state index is -4.51. The molecule has 1 saturated carbocycles. The first-order valence-electron chi connectivity index (χ1n) is 13.0. The molecule has 8 nitrogen and oxygen atoms in total.